The van der Waals surface area contributed by atoms with Gasteiger partial charge in [-0.05, 0) is 36.8 Å². The molecule has 0 radical (unpaired) electrons. The second-order valence-corrected chi connectivity index (χ2v) is 7.26. The van der Waals surface area contributed by atoms with Crippen LogP contribution in [-0.2, 0) is 9.59 Å². The van der Waals surface area contributed by atoms with Crippen molar-refractivity contribution in [2.75, 3.05) is 18.5 Å². The third kappa shape index (κ3) is 5.42. The Kier molecular flexibility index (Phi) is 7.06. The maximum Gasteiger partial charge on any atom is 0.278 e. The van der Waals surface area contributed by atoms with E-state index in [4.69, 9.17) is 14.2 Å². The SMILES string of the molecule is CCOc1ccccc1NC(=O)[C@H](NNC(=O)[C@@H]1COc2ccccc2O1)c1ccccc1. The maximum atomic E-state index is 13.2. The molecule has 1 heterocycles. The summed E-state index contributed by atoms with van der Waals surface area (Å²) in [4.78, 5) is 25.9. The summed E-state index contributed by atoms with van der Waals surface area (Å²) in [5, 5.41) is 2.88. The number of hydrazine groups is 1. The molecular formula is C25H25N3O5. The van der Waals surface area contributed by atoms with Crippen molar-refractivity contribution in [1.29, 1.82) is 0 Å². The van der Waals surface area contributed by atoms with E-state index in [1.165, 1.54) is 0 Å². The molecule has 33 heavy (non-hydrogen) atoms. The topological polar surface area (TPSA) is 97.9 Å². The van der Waals surface area contributed by atoms with Crippen molar-refractivity contribution < 1.29 is 23.8 Å². The number of para-hydroxylation sites is 4. The summed E-state index contributed by atoms with van der Waals surface area (Å²) in [6.45, 7) is 2.41. The Morgan fingerprint density at radius 2 is 1.67 bits per heavy atom. The predicted molar refractivity (Wildman–Crippen MR) is 123 cm³/mol. The molecule has 4 rings (SSSR count). The van der Waals surface area contributed by atoms with Crippen molar-refractivity contribution in [3.8, 4) is 17.2 Å². The fourth-order valence-corrected chi connectivity index (χ4v) is 3.37. The van der Waals surface area contributed by atoms with Gasteiger partial charge in [0.15, 0.2) is 11.5 Å². The number of benzene rings is 3. The largest absolute Gasteiger partial charge is 0.492 e. The van der Waals surface area contributed by atoms with Crippen LogP contribution in [0.15, 0.2) is 78.9 Å². The Hall–Kier alpha value is -4.04. The molecule has 0 spiro atoms. The van der Waals surface area contributed by atoms with Crippen molar-refractivity contribution in [1.82, 2.24) is 10.9 Å². The zero-order chi connectivity index (χ0) is 23.0. The Balaban J connectivity index is 1.46. The van der Waals surface area contributed by atoms with Crippen LogP contribution in [0.2, 0.25) is 0 Å². The summed E-state index contributed by atoms with van der Waals surface area (Å²) in [6, 6.07) is 22.6. The normalized spacial score (nSPS) is 15.2. The zero-order valence-electron chi connectivity index (χ0n) is 18.1. The van der Waals surface area contributed by atoms with Crippen LogP contribution in [0, 0.1) is 0 Å². The molecule has 0 aliphatic carbocycles. The molecule has 0 fully saturated rings. The number of nitrogens with one attached hydrogen (secondary N) is 3. The smallest absolute Gasteiger partial charge is 0.278 e. The van der Waals surface area contributed by atoms with Gasteiger partial charge in [-0.3, -0.25) is 15.0 Å². The van der Waals surface area contributed by atoms with E-state index in [-0.39, 0.29) is 12.5 Å². The van der Waals surface area contributed by atoms with Crippen molar-refractivity contribution in [2.24, 2.45) is 0 Å². The van der Waals surface area contributed by atoms with Gasteiger partial charge in [0.25, 0.3) is 5.91 Å². The molecule has 8 nitrogen and oxygen atoms in total. The molecule has 2 amide bonds. The quantitative estimate of drug-likeness (QED) is 0.459. The predicted octanol–water partition coefficient (Wildman–Crippen LogP) is 3.23. The number of hydrogen-bond acceptors (Lipinski definition) is 6. The number of amides is 2. The second-order valence-electron chi connectivity index (χ2n) is 7.26. The van der Waals surface area contributed by atoms with Crippen LogP contribution in [0.25, 0.3) is 0 Å². The minimum absolute atomic E-state index is 0.0639. The average Bonchev–Trinajstić information content (AvgIpc) is 2.86. The first-order chi connectivity index (χ1) is 16.2. The fourth-order valence-electron chi connectivity index (χ4n) is 3.37. The number of fused-ring (bicyclic) bond motifs is 1. The lowest BCUT2D eigenvalue weighted by atomic mass is 10.1. The molecule has 3 aromatic rings. The highest BCUT2D eigenvalue weighted by molar-refractivity contribution is 5.97. The molecule has 3 N–H and O–H groups in total. The van der Waals surface area contributed by atoms with Crippen LogP contribution >= 0.6 is 0 Å². The second kappa shape index (κ2) is 10.5. The van der Waals surface area contributed by atoms with Crippen molar-refractivity contribution in [3.63, 3.8) is 0 Å². The van der Waals surface area contributed by atoms with Crippen LogP contribution in [-0.4, -0.2) is 31.1 Å². The summed E-state index contributed by atoms with van der Waals surface area (Å²) in [7, 11) is 0. The van der Waals surface area contributed by atoms with E-state index in [0.29, 0.717) is 35.1 Å². The van der Waals surface area contributed by atoms with Gasteiger partial charge in [-0.2, -0.15) is 0 Å². The van der Waals surface area contributed by atoms with Gasteiger partial charge in [0.05, 0.1) is 12.3 Å². The van der Waals surface area contributed by atoms with Crippen LogP contribution in [0.4, 0.5) is 5.69 Å². The lowest BCUT2D eigenvalue weighted by Gasteiger charge is -2.26. The van der Waals surface area contributed by atoms with Crippen LogP contribution in [0.1, 0.15) is 18.5 Å². The van der Waals surface area contributed by atoms with Gasteiger partial charge < -0.3 is 19.5 Å². The summed E-state index contributed by atoms with van der Waals surface area (Å²) in [6.07, 6.45) is -0.856. The van der Waals surface area contributed by atoms with Gasteiger partial charge in [0.1, 0.15) is 18.4 Å². The minimum atomic E-state index is -0.860. The van der Waals surface area contributed by atoms with Gasteiger partial charge in [-0.15, -0.1) is 0 Å². The van der Waals surface area contributed by atoms with Crippen LogP contribution in [0.5, 0.6) is 17.2 Å². The molecule has 1 aliphatic rings. The first-order valence-corrected chi connectivity index (χ1v) is 10.7. The fraction of sp³-hybridized carbons (Fsp3) is 0.200. The standard InChI is InChI=1S/C25H25N3O5/c1-2-31-19-13-7-6-12-18(19)26-25(30)23(17-10-4-3-5-11-17)27-28-24(29)22-16-32-20-14-8-9-15-21(20)33-22/h3-15,22-23,27H,2,16H2,1H3,(H,26,30)(H,28,29)/t22-,23+/m0/s1. The lowest BCUT2D eigenvalue weighted by Crippen LogP contribution is -2.51. The van der Waals surface area contributed by atoms with Gasteiger partial charge in [0, 0.05) is 0 Å². The maximum absolute atomic E-state index is 13.2. The molecule has 0 bridgehead atoms. The number of hydrogen-bond donors (Lipinski definition) is 3. The number of rotatable bonds is 8. The van der Waals surface area contributed by atoms with Gasteiger partial charge in [0.2, 0.25) is 12.0 Å². The lowest BCUT2D eigenvalue weighted by molar-refractivity contribution is -0.132. The average molecular weight is 447 g/mol. The molecule has 2 atom stereocenters. The Labute approximate surface area is 191 Å². The van der Waals surface area contributed by atoms with E-state index in [2.05, 4.69) is 16.2 Å². The van der Waals surface area contributed by atoms with Gasteiger partial charge in [-0.1, -0.05) is 54.6 Å². The molecule has 0 saturated heterocycles. The highest BCUT2D eigenvalue weighted by atomic mass is 16.6. The van der Waals surface area contributed by atoms with Gasteiger partial charge in [-0.25, -0.2) is 5.43 Å². The Morgan fingerprint density at radius 3 is 2.45 bits per heavy atom. The molecule has 8 heteroatoms. The van der Waals surface area contributed by atoms with E-state index >= 15 is 0 Å². The zero-order valence-corrected chi connectivity index (χ0v) is 18.1. The molecular weight excluding hydrogens is 422 g/mol. The highest BCUT2D eigenvalue weighted by Crippen LogP contribution is 2.31. The Bertz CT molecular complexity index is 1110. The third-order valence-corrected chi connectivity index (χ3v) is 4.98. The number of anilines is 1. The number of carbonyl (C=O) groups is 2. The van der Waals surface area contributed by atoms with Crippen molar-refractivity contribution in [2.45, 2.75) is 19.1 Å². The molecule has 170 valence electrons. The van der Waals surface area contributed by atoms with E-state index in [1.54, 1.807) is 42.5 Å². The van der Waals surface area contributed by atoms with E-state index in [0.717, 1.165) is 0 Å². The van der Waals surface area contributed by atoms with E-state index < -0.39 is 18.1 Å². The summed E-state index contributed by atoms with van der Waals surface area (Å²) >= 11 is 0. The number of ether oxygens (including phenoxy) is 3. The number of carbonyl (C=O) groups excluding carboxylic acids is 2. The van der Waals surface area contributed by atoms with Crippen LogP contribution in [0.3, 0.4) is 0 Å². The van der Waals surface area contributed by atoms with E-state index in [9.17, 15) is 9.59 Å². The minimum Gasteiger partial charge on any atom is -0.492 e. The monoisotopic (exact) mass is 447 g/mol. The molecule has 1 aliphatic heterocycles. The first-order valence-electron chi connectivity index (χ1n) is 10.7. The summed E-state index contributed by atoms with van der Waals surface area (Å²) < 4.78 is 16.9. The third-order valence-electron chi connectivity index (χ3n) is 4.98. The highest BCUT2D eigenvalue weighted by Gasteiger charge is 2.29. The van der Waals surface area contributed by atoms with E-state index in [1.807, 2.05) is 43.3 Å². The molecule has 0 saturated carbocycles. The molecule has 3 aromatic carbocycles. The first kappa shape index (κ1) is 22.2. The van der Waals surface area contributed by atoms with Crippen LogP contribution < -0.4 is 30.4 Å². The summed E-state index contributed by atoms with van der Waals surface area (Å²) in [5.74, 6) is 0.834. The van der Waals surface area contributed by atoms with Gasteiger partial charge >= 0.3 is 0 Å². The van der Waals surface area contributed by atoms with Crippen molar-refractivity contribution in [3.05, 3.63) is 84.4 Å². The Morgan fingerprint density at radius 1 is 0.970 bits per heavy atom. The molecule has 0 unspecified atom stereocenters. The molecule has 0 aromatic heterocycles. The summed E-state index contributed by atoms with van der Waals surface area (Å²) in [5.41, 5.74) is 6.66. The van der Waals surface area contributed by atoms with Crippen molar-refractivity contribution >= 4 is 17.5 Å².